The summed E-state index contributed by atoms with van der Waals surface area (Å²) in [5.74, 6) is 0.842. The zero-order valence-electron chi connectivity index (χ0n) is 13.7. The van der Waals surface area contributed by atoms with E-state index >= 15 is 0 Å². The molecule has 0 fully saturated rings. The SMILES string of the molecule is CCC(NC(=O)CNCc1ccc(OC)cc1)c1ccccc1. The predicted octanol–water partition coefficient (Wildman–Crippen LogP) is 3.05. The molecule has 1 atom stereocenters. The molecule has 1 amide bonds. The van der Waals surface area contributed by atoms with Gasteiger partial charge in [0.25, 0.3) is 0 Å². The van der Waals surface area contributed by atoms with Crippen LogP contribution in [0, 0.1) is 0 Å². The van der Waals surface area contributed by atoms with Crippen molar-refractivity contribution in [2.45, 2.75) is 25.9 Å². The van der Waals surface area contributed by atoms with Crippen LogP contribution in [0.15, 0.2) is 54.6 Å². The normalized spacial score (nSPS) is 11.7. The van der Waals surface area contributed by atoms with E-state index in [9.17, 15) is 4.79 Å². The molecule has 23 heavy (non-hydrogen) atoms. The van der Waals surface area contributed by atoms with Crippen LogP contribution in [0.3, 0.4) is 0 Å². The summed E-state index contributed by atoms with van der Waals surface area (Å²) < 4.78 is 5.13. The summed E-state index contributed by atoms with van der Waals surface area (Å²) in [5, 5.41) is 6.23. The van der Waals surface area contributed by atoms with Crippen molar-refractivity contribution >= 4 is 5.91 Å². The Kier molecular flexibility index (Phi) is 6.63. The van der Waals surface area contributed by atoms with Crippen LogP contribution in [0.2, 0.25) is 0 Å². The van der Waals surface area contributed by atoms with Gasteiger partial charge in [-0.25, -0.2) is 0 Å². The first-order valence-electron chi connectivity index (χ1n) is 7.91. The summed E-state index contributed by atoms with van der Waals surface area (Å²) in [7, 11) is 1.65. The zero-order valence-corrected chi connectivity index (χ0v) is 13.7. The molecule has 0 aliphatic carbocycles. The maximum absolute atomic E-state index is 12.1. The first-order chi connectivity index (χ1) is 11.2. The standard InChI is InChI=1S/C19H24N2O2/c1-3-18(16-7-5-4-6-8-16)21-19(22)14-20-13-15-9-11-17(23-2)12-10-15/h4-12,18,20H,3,13-14H2,1-2H3,(H,21,22). The first kappa shape index (κ1) is 17.0. The van der Waals surface area contributed by atoms with E-state index in [4.69, 9.17) is 4.74 Å². The van der Waals surface area contributed by atoms with Gasteiger partial charge in [-0.15, -0.1) is 0 Å². The smallest absolute Gasteiger partial charge is 0.234 e. The Morgan fingerprint density at radius 1 is 1.09 bits per heavy atom. The Morgan fingerprint density at radius 2 is 1.78 bits per heavy atom. The molecule has 0 aromatic heterocycles. The second-order valence-electron chi connectivity index (χ2n) is 5.39. The summed E-state index contributed by atoms with van der Waals surface area (Å²) in [6.45, 7) is 3.03. The summed E-state index contributed by atoms with van der Waals surface area (Å²) >= 11 is 0. The fraction of sp³-hybridized carbons (Fsp3) is 0.316. The Labute approximate surface area is 137 Å². The van der Waals surface area contributed by atoms with Gasteiger partial charge in [0.05, 0.1) is 19.7 Å². The maximum Gasteiger partial charge on any atom is 0.234 e. The second-order valence-corrected chi connectivity index (χ2v) is 5.39. The minimum atomic E-state index is 0.00853. The van der Waals surface area contributed by atoms with E-state index in [0.29, 0.717) is 13.1 Å². The minimum Gasteiger partial charge on any atom is -0.497 e. The average Bonchev–Trinajstić information content (AvgIpc) is 2.61. The molecule has 2 N–H and O–H groups in total. The largest absolute Gasteiger partial charge is 0.497 e. The van der Waals surface area contributed by atoms with Crippen molar-refractivity contribution in [2.75, 3.05) is 13.7 Å². The van der Waals surface area contributed by atoms with Gasteiger partial charge >= 0.3 is 0 Å². The van der Waals surface area contributed by atoms with Crippen molar-refractivity contribution in [3.8, 4) is 5.75 Å². The summed E-state index contributed by atoms with van der Waals surface area (Å²) in [6, 6.07) is 17.9. The van der Waals surface area contributed by atoms with Crippen molar-refractivity contribution in [1.29, 1.82) is 0 Å². The van der Waals surface area contributed by atoms with Gasteiger partial charge in [0.2, 0.25) is 5.91 Å². The zero-order chi connectivity index (χ0) is 16.5. The third kappa shape index (κ3) is 5.42. The maximum atomic E-state index is 12.1. The van der Waals surface area contributed by atoms with Gasteiger partial charge in [0.1, 0.15) is 5.75 Å². The van der Waals surface area contributed by atoms with E-state index in [-0.39, 0.29) is 11.9 Å². The van der Waals surface area contributed by atoms with Crippen LogP contribution < -0.4 is 15.4 Å². The number of nitrogens with one attached hydrogen (secondary N) is 2. The van der Waals surface area contributed by atoms with Gasteiger partial charge in [-0.2, -0.15) is 0 Å². The highest BCUT2D eigenvalue weighted by Crippen LogP contribution is 2.15. The molecular formula is C19H24N2O2. The number of carbonyl (C=O) groups is 1. The Bertz CT molecular complexity index is 597. The molecule has 2 aromatic carbocycles. The van der Waals surface area contributed by atoms with E-state index in [1.165, 1.54) is 0 Å². The fourth-order valence-electron chi connectivity index (χ4n) is 2.42. The van der Waals surface area contributed by atoms with Crippen LogP contribution >= 0.6 is 0 Å². The van der Waals surface area contributed by atoms with Gasteiger partial charge in [0.15, 0.2) is 0 Å². The van der Waals surface area contributed by atoms with Gasteiger partial charge in [0, 0.05) is 6.54 Å². The molecule has 0 saturated carbocycles. The summed E-state index contributed by atoms with van der Waals surface area (Å²) in [6.07, 6.45) is 0.869. The van der Waals surface area contributed by atoms with Gasteiger partial charge in [-0.3, -0.25) is 4.79 Å². The lowest BCUT2D eigenvalue weighted by molar-refractivity contribution is -0.121. The molecular weight excluding hydrogens is 288 g/mol. The fourth-order valence-corrected chi connectivity index (χ4v) is 2.42. The topological polar surface area (TPSA) is 50.4 Å². The van der Waals surface area contributed by atoms with Crippen molar-refractivity contribution < 1.29 is 9.53 Å². The van der Waals surface area contributed by atoms with Crippen molar-refractivity contribution in [2.24, 2.45) is 0 Å². The van der Waals surface area contributed by atoms with E-state index < -0.39 is 0 Å². The van der Waals surface area contributed by atoms with Crippen molar-refractivity contribution in [1.82, 2.24) is 10.6 Å². The number of benzene rings is 2. The lowest BCUT2D eigenvalue weighted by atomic mass is 10.0. The predicted molar refractivity (Wildman–Crippen MR) is 92.3 cm³/mol. The lowest BCUT2D eigenvalue weighted by Crippen LogP contribution is -2.35. The van der Waals surface area contributed by atoms with E-state index in [2.05, 4.69) is 17.6 Å². The average molecular weight is 312 g/mol. The summed E-state index contributed by atoms with van der Waals surface area (Å²) in [4.78, 5) is 12.1. The number of rotatable bonds is 8. The molecule has 0 heterocycles. The first-order valence-corrected chi connectivity index (χ1v) is 7.91. The Hall–Kier alpha value is -2.33. The van der Waals surface area contributed by atoms with E-state index in [1.54, 1.807) is 7.11 Å². The molecule has 0 saturated heterocycles. The second kappa shape index (κ2) is 8.96. The van der Waals surface area contributed by atoms with Crippen LogP contribution in [-0.4, -0.2) is 19.6 Å². The summed E-state index contributed by atoms with van der Waals surface area (Å²) in [5.41, 5.74) is 2.26. The molecule has 4 nitrogen and oxygen atoms in total. The van der Waals surface area contributed by atoms with Gasteiger partial charge in [-0.05, 0) is 29.7 Å². The molecule has 4 heteroatoms. The van der Waals surface area contributed by atoms with Gasteiger partial charge in [-0.1, -0.05) is 49.4 Å². The number of hydrogen-bond donors (Lipinski definition) is 2. The molecule has 0 bridgehead atoms. The van der Waals surface area contributed by atoms with Crippen LogP contribution in [0.25, 0.3) is 0 Å². The minimum absolute atomic E-state index is 0.00853. The molecule has 0 aliphatic heterocycles. The van der Waals surface area contributed by atoms with E-state index in [0.717, 1.165) is 23.3 Å². The third-order valence-electron chi connectivity index (χ3n) is 3.72. The number of carbonyl (C=O) groups excluding carboxylic acids is 1. The highest BCUT2D eigenvalue weighted by molar-refractivity contribution is 5.78. The quantitative estimate of drug-likeness (QED) is 0.787. The highest BCUT2D eigenvalue weighted by Gasteiger charge is 2.11. The van der Waals surface area contributed by atoms with Crippen LogP contribution in [0.5, 0.6) is 5.75 Å². The van der Waals surface area contributed by atoms with Crippen LogP contribution in [-0.2, 0) is 11.3 Å². The van der Waals surface area contributed by atoms with Crippen LogP contribution in [0.1, 0.15) is 30.5 Å². The molecule has 0 radical (unpaired) electrons. The number of methoxy groups -OCH3 is 1. The molecule has 0 aliphatic rings. The van der Waals surface area contributed by atoms with Crippen molar-refractivity contribution in [3.63, 3.8) is 0 Å². The number of amides is 1. The highest BCUT2D eigenvalue weighted by atomic mass is 16.5. The molecule has 122 valence electrons. The molecule has 2 rings (SSSR count). The molecule has 2 aromatic rings. The molecule has 1 unspecified atom stereocenters. The Balaban J connectivity index is 1.77. The van der Waals surface area contributed by atoms with Crippen molar-refractivity contribution in [3.05, 3.63) is 65.7 Å². The number of ether oxygens (including phenoxy) is 1. The monoisotopic (exact) mass is 312 g/mol. The molecule has 0 spiro atoms. The van der Waals surface area contributed by atoms with Crippen LogP contribution in [0.4, 0.5) is 0 Å². The van der Waals surface area contributed by atoms with E-state index in [1.807, 2.05) is 54.6 Å². The number of hydrogen-bond acceptors (Lipinski definition) is 3. The van der Waals surface area contributed by atoms with Gasteiger partial charge < -0.3 is 15.4 Å². The third-order valence-corrected chi connectivity index (χ3v) is 3.72. The Morgan fingerprint density at radius 3 is 2.39 bits per heavy atom. The lowest BCUT2D eigenvalue weighted by Gasteiger charge is -2.17.